The van der Waals surface area contributed by atoms with Crippen LogP contribution < -0.4 is 0 Å². The van der Waals surface area contributed by atoms with Crippen LogP contribution in [-0.2, 0) is 37.5 Å². The smallest absolute Gasteiger partial charge is 0.329 e. The first-order valence-electron chi connectivity index (χ1n) is 7.84. The fourth-order valence-electron chi connectivity index (χ4n) is 2.28. The fraction of sp³-hybridized carbons (Fsp3) is 0.167. The molecule has 0 heterocycles. The summed E-state index contributed by atoms with van der Waals surface area (Å²) in [6.07, 6.45) is 1.26. The molecule has 2 aromatic rings. The normalized spacial score (nSPS) is 11.3. The minimum Gasteiger partial charge on any atom is -0.508 e. The van der Waals surface area contributed by atoms with Gasteiger partial charge in [0.15, 0.2) is 0 Å². The molecule has 0 fully saturated rings. The molecule has 0 saturated carbocycles. The molecule has 0 aliphatic carbocycles. The highest BCUT2D eigenvalue weighted by atomic mass is 32.2. The lowest BCUT2D eigenvalue weighted by Crippen LogP contribution is -2.22. The predicted octanol–water partition coefficient (Wildman–Crippen LogP) is 1.72. The van der Waals surface area contributed by atoms with E-state index in [0.29, 0.717) is 5.56 Å². The first kappa shape index (κ1) is 23.4. The summed E-state index contributed by atoms with van der Waals surface area (Å²) in [5, 5.41) is 32.5. The summed E-state index contributed by atoms with van der Waals surface area (Å²) in [5.74, 6) is -2.61. The maximum absolute atomic E-state index is 11.1. The van der Waals surface area contributed by atoms with Gasteiger partial charge in [0.05, 0.1) is 6.42 Å². The van der Waals surface area contributed by atoms with Crippen molar-refractivity contribution in [3.63, 3.8) is 0 Å². The number of carboxylic acid groups (broad SMARTS) is 2. The van der Waals surface area contributed by atoms with Crippen molar-refractivity contribution in [1.29, 1.82) is 5.26 Å². The number of hydrogen-bond acceptors (Lipinski definition) is 7. The van der Waals surface area contributed by atoms with Crippen LogP contribution in [0.3, 0.4) is 0 Å². The quantitative estimate of drug-likeness (QED) is 0.378. The summed E-state index contributed by atoms with van der Waals surface area (Å²) in [7, 11) is -4.80. The van der Waals surface area contributed by atoms with E-state index in [1.807, 2.05) is 0 Å². The van der Waals surface area contributed by atoms with Gasteiger partial charge in [0, 0.05) is 5.56 Å². The molecule has 4 N–H and O–H groups in total. The Hall–Kier alpha value is -3.62. The summed E-state index contributed by atoms with van der Waals surface area (Å²) in [5.41, 5.74) is 0.506. The summed E-state index contributed by atoms with van der Waals surface area (Å²) in [6, 6.07) is 12.0. The molecule has 1 unspecified atom stereocenters. The highest BCUT2D eigenvalue weighted by Crippen LogP contribution is 2.25. The molecule has 2 rings (SSSR count). The first-order chi connectivity index (χ1) is 13.6. The van der Waals surface area contributed by atoms with Crippen LogP contribution in [0.4, 0.5) is 0 Å². The minimum atomic E-state index is -4.80. The Balaban J connectivity index is 0.000000326. The van der Waals surface area contributed by atoms with Crippen LogP contribution in [0.2, 0.25) is 0 Å². The molecule has 0 bridgehead atoms. The van der Waals surface area contributed by atoms with Crippen molar-refractivity contribution >= 4 is 22.1 Å². The summed E-state index contributed by atoms with van der Waals surface area (Å²) >= 11 is 0. The molecular formula is C18H17NO9S. The van der Waals surface area contributed by atoms with Crippen molar-refractivity contribution in [2.75, 3.05) is 0 Å². The van der Waals surface area contributed by atoms with Gasteiger partial charge in [0.2, 0.25) is 5.25 Å². The molecule has 0 spiro atoms. The molecule has 29 heavy (non-hydrogen) atoms. The van der Waals surface area contributed by atoms with E-state index in [-0.39, 0.29) is 29.9 Å². The first-order valence-corrected chi connectivity index (χ1v) is 9.34. The number of aliphatic carboxylic acids is 2. The molecule has 0 aliphatic rings. The van der Waals surface area contributed by atoms with Crippen LogP contribution in [-0.4, -0.2) is 40.2 Å². The van der Waals surface area contributed by atoms with Gasteiger partial charge in [0.25, 0.3) is 16.4 Å². The predicted molar refractivity (Wildman–Crippen MR) is 98.2 cm³/mol. The standard InChI is InChI=1S/C10H9NO6S.C8H8O3/c11-6-17-5-7-3-1-2-4-8(7)9(10(12)13)18(14,15)16;9-7-4-2-1-3-6(7)5-8(10)11/h1-4,9H,5H2,(H,12,13)(H,14,15,16);1-4,9H,5H2,(H,10,11). The summed E-state index contributed by atoms with van der Waals surface area (Å²) in [4.78, 5) is 21.1. The van der Waals surface area contributed by atoms with Gasteiger partial charge in [-0.15, -0.1) is 0 Å². The van der Waals surface area contributed by atoms with Crippen LogP contribution in [0.5, 0.6) is 5.75 Å². The number of aromatic hydroxyl groups is 1. The molecular weight excluding hydrogens is 406 g/mol. The Labute approximate surface area is 166 Å². The zero-order valence-corrected chi connectivity index (χ0v) is 15.6. The molecule has 2 aromatic carbocycles. The SMILES string of the molecule is N#COCc1ccccc1C(C(=O)O)S(=O)(=O)O.O=C(O)Cc1ccccc1O. The topological polar surface area (TPSA) is 182 Å². The van der Waals surface area contributed by atoms with Gasteiger partial charge in [-0.05, 0) is 17.2 Å². The number of ether oxygens (including phenoxy) is 1. The highest BCUT2D eigenvalue weighted by molar-refractivity contribution is 7.86. The third-order valence-electron chi connectivity index (χ3n) is 3.49. The lowest BCUT2D eigenvalue weighted by molar-refractivity contribution is -0.137. The van der Waals surface area contributed by atoms with E-state index in [1.54, 1.807) is 18.2 Å². The molecule has 0 amide bonds. The monoisotopic (exact) mass is 423 g/mol. The molecule has 1 atom stereocenters. The Morgan fingerprint density at radius 1 is 1.03 bits per heavy atom. The molecule has 11 heteroatoms. The number of carbonyl (C=O) groups is 2. The molecule has 0 saturated heterocycles. The van der Waals surface area contributed by atoms with Gasteiger partial charge in [-0.2, -0.15) is 13.7 Å². The molecule has 10 nitrogen and oxygen atoms in total. The number of phenols is 1. The van der Waals surface area contributed by atoms with Crippen molar-refractivity contribution in [2.24, 2.45) is 0 Å². The van der Waals surface area contributed by atoms with E-state index in [9.17, 15) is 18.0 Å². The maximum Gasteiger partial charge on any atom is 0.329 e. The van der Waals surface area contributed by atoms with Crippen molar-refractivity contribution < 1.29 is 42.6 Å². The number of carboxylic acids is 2. The van der Waals surface area contributed by atoms with E-state index >= 15 is 0 Å². The maximum atomic E-state index is 11.1. The summed E-state index contributed by atoms with van der Waals surface area (Å²) in [6.45, 7) is -0.272. The van der Waals surface area contributed by atoms with Crippen LogP contribution in [0.25, 0.3) is 0 Å². The van der Waals surface area contributed by atoms with E-state index in [4.69, 9.17) is 25.1 Å². The Morgan fingerprint density at radius 3 is 2.07 bits per heavy atom. The largest absolute Gasteiger partial charge is 0.508 e. The van der Waals surface area contributed by atoms with Crippen molar-refractivity contribution in [2.45, 2.75) is 18.3 Å². The zero-order chi connectivity index (χ0) is 22.0. The van der Waals surface area contributed by atoms with Crippen LogP contribution in [0.1, 0.15) is 21.9 Å². The second-order valence-corrected chi connectivity index (χ2v) is 7.01. The third kappa shape index (κ3) is 7.49. The Bertz CT molecular complexity index is 1010. The van der Waals surface area contributed by atoms with E-state index in [2.05, 4.69) is 4.74 Å². The zero-order valence-electron chi connectivity index (χ0n) is 14.8. The van der Waals surface area contributed by atoms with Gasteiger partial charge in [-0.25, -0.2) is 0 Å². The summed E-state index contributed by atoms with van der Waals surface area (Å²) < 4.78 is 35.5. The van der Waals surface area contributed by atoms with Crippen LogP contribution >= 0.6 is 0 Å². The van der Waals surface area contributed by atoms with Gasteiger partial charge >= 0.3 is 11.9 Å². The number of hydrogen-bond donors (Lipinski definition) is 4. The number of nitrogens with zero attached hydrogens (tertiary/aromatic N) is 1. The van der Waals surface area contributed by atoms with Crippen molar-refractivity contribution in [3.05, 3.63) is 65.2 Å². The average molecular weight is 423 g/mol. The Morgan fingerprint density at radius 2 is 1.59 bits per heavy atom. The van der Waals surface area contributed by atoms with Gasteiger partial charge in [0.1, 0.15) is 12.4 Å². The van der Waals surface area contributed by atoms with E-state index < -0.39 is 27.3 Å². The van der Waals surface area contributed by atoms with E-state index in [0.717, 1.165) is 0 Å². The van der Waals surface area contributed by atoms with Gasteiger partial charge < -0.3 is 20.1 Å². The highest BCUT2D eigenvalue weighted by Gasteiger charge is 2.34. The molecule has 0 aromatic heterocycles. The van der Waals surface area contributed by atoms with Crippen molar-refractivity contribution in [3.8, 4) is 12.0 Å². The number of phenolic OH excluding ortho intramolecular Hbond substituents is 1. The third-order valence-corrected chi connectivity index (χ3v) is 4.54. The number of benzene rings is 2. The second-order valence-electron chi connectivity index (χ2n) is 5.51. The molecule has 0 radical (unpaired) electrons. The van der Waals surface area contributed by atoms with Crippen LogP contribution in [0, 0.1) is 11.5 Å². The minimum absolute atomic E-state index is 0.0369. The molecule has 154 valence electrons. The number of rotatable bonds is 7. The lowest BCUT2D eigenvalue weighted by Gasteiger charge is -2.13. The number of para-hydroxylation sites is 1. The molecule has 0 aliphatic heterocycles. The average Bonchev–Trinajstić information content (AvgIpc) is 2.62. The van der Waals surface area contributed by atoms with Gasteiger partial charge in [-0.1, -0.05) is 42.5 Å². The van der Waals surface area contributed by atoms with Crippen LogP contribution in [0.15, 0.2) is 48.5 Å². The fourth-order valence-corrected chi connectivity index (χ4v) is 3.08. The van der Waals surface area contributed by atoms with E-state index in [1.165, 1.54) is 36.6 Å². The van der Waals surface area contributed by atoms with Crippen molar-refractivity contribution in [1.82, 2.24) is 0 Å². The second kappa shape index (κ2) is 10.6. The lowest BCUT2D eigenvalue weighted by atomic mass is 10.1. The number of nitriles is 1. The Kier molecular flexibility index (Phi) is 8.60. The van der Waals surface area contributed by atoms with Gasteiger partial charge in [-0.3, -0.25) is 14.1 Å².